The summed E-state index contributed by atoms with van der Waals surface area (Å²) < 4.78 is 11.0. The van der Waals surface area contributed by atoms with Crippen molar-refractivity contribution in [3.05, 3.63) is 99.7 Å². The Morgan fingerprint density at radius 1 is 0.903 bits per heavy atom. The minimum atomic E-state index is -0.132. The number of ketones is 1. The monoisotopic (exact) mass is 415 g/mol. The third-order valence-electron chi connectivity index (χ3n) is 5.59. The first kappa shape index (κ1) is 20.5. The lowest BCUT2D eigenvalue weighted by Crippen LogP contribution is -2.22. The molecule has 0 N–H and O–H groups in total. The standard InChI is InChI=1S/C25H25N3O3/c1-17-15-22(23(29)16-31-21-13-9-6-10-14-21)18(2)27(17)24-19(3)26(4)28(25(24)30)20-11-7-5-8-12-20/h5-15H,16H2,1-4H3. The van der Waals surface area contributed by atoms with E-state index in [1.54, 1.807) is 4.68 Å². The number of aryl methyl sites for hydroxylation is 1. The SMILES string of the molecule is Cc1cc(C(=O)COc2ccccc2)c(C)n1-c1c(C)n(C)n(-c2ccccc2)c1=O. The Bertz CT molecular complexity index is 1300. The molecule has 4 rings (SSSR count). The van der Waals surface area contributed by atoms with Gasteiger partial charge in [0.25, 0.3) is 5.56 Å². The Morgan fingerprint density at radius 3 is 2.16 bits per heavy atom. The molecule has 6 nitrogen and oxygen atoms in total. The summed E-state index contributed by atoms with van der Waals surface area (Å²) in [5, 5.41) is 0. The molecule has 2 heterocycles. The Hall–Kier alpha value is -3.80. The molecular weight excluding hydrogens is 390 g/mol. The van der Waals surface area contributed by atoms with Gasteiger partial charge in [-0.15, -0.1) is 0 Å². The molecule has 6 heteroatoms. The van der Waals surface area contributed by atoms with Crippen LogP contribution in [0.4, 0.5) is 0 Å². The highest BCUT2D eigenvalue weighted by molar-refractivity contribution is 5.98. The maximum atomic E-state index is 13.4. The van der Waals surface area contributed by atoms with E-state index in [0.717, 1.165) is 22.8 Å². The highest BCUT2D eigenvalue weighted by Gasteiger charge is 2.23. The molecule has 0 bridgehead atoms. The predicted molar refractivity (Wildman–Crippen MR) is 121 cm³/mol. The summed E-state index contributed by atoms with van der Waals surface area (Å²) in [5.41, 5.74) is 4.13. The fraction of sp³-hybridized carbons (Fsp3) is 0.200. The van der Waals surface area contributed by atoms with E-state index in [1.807, 2.05) is 104 Å². The second kappa shape index (κ2) is 8.14. The maximum absolute atomic E-state index is 13.4. The molecule has 0 aliphatic rings. The summed E-state index contributed by atoms with van der Waals surface area (Å²) in [4.78, 5) is 26.3. The zero-order valence-electron chi connectivity index (χ0n) is 18.1. The minimum absolute atomic E-state index is 0.0592. The maximum Gasteiger partial charge on any atom is 0.295 e. The molecule has 4 aromatic rings. The van der Waals surface area contributed by atoms with Crippen LogP contribution in [0, 0.1) is 20.8 Å². The second-order valence-electron chi connectivity index (χ2n) is 7.56. The molecule has 158 valence electrons. The van der Waals surface area contributed by atoms with Gasteiger partial charge in [-0.1, -0.05) is 36.4 Å². The van der Waals surface area contributed by atoms with Gasteiger partial charge in [0.05, 0.1) is 11.4 Å². The van der Waals surface area contributed by atoms with Crippen LogP contribution >= 0.6 is 0 Å². The van der Waals surface area contributed by atoms with Crippen molar-refractivity contribution < 1.29 is 9.53 Å². The number of nitrogens with zero attached hydrogens (tertiary/aromatic N) is 3. The van der Waals surface area contributed by atoms with Crippen molar-refractivity contribution in [1.82, 2.24) is 13.9 Å². The van der Waals surface area contributed by atoms with Crippen LogP contribution < -0.4 is 10.3 Å². The van der Waals surface area contributed by atoms with Gasteiger partial charge in [0.1, 0.15) is 11.4 Å². The average Bonchev–Trinajstić information content (AvgIpc) is 3.19. The zero-order chi connectivity index (χ0) is 22.1. The van der Waals surface area contributed by atoms with E-state index in [0.29, 0.717) is 17.0 Å². The first-order chi connectivity index (χ1) is 14.9. The molecule has 2 aromatic heterocycles. The van der Waals surface area contributed by atoms with E-state index in [9.17, 15) is 9.59 Å². The lowest BCUT2D eigenvalue weighted by atomic mass is 10.1. The van der Waals surface area contributed by atoms with Crippen molar-refractivity contribution in [2.75, 3.05) is 6.61 Å². The van der Waals surface area contributed by atoms with E-state index in [4.69, 9.17) is 4.74 Å². The highest BCUT2D eigenvalue weighted by atomic mass is 16.5. The van der Waals surface area contributed by atoms with Crippen LogP contribution in [0.25, 0.3) is 11.4 Å². The normalized spacial score (nSPS) is 11.0. The van der Waals surface area contributed by atoms with Gasteiger partial charge in [-0.25, -0.2) is 4.68 Å². The van der Waals surface area contributed by atoms with Crippen LogP contribution in [0.15, 0.2) is 71.5 Å². The summed E-state index contributed by atoms with van der Waals surface area (Å²) in [6.07, 6.45) is 0. The van der Waals surface area contributed by atoms with Crippen molar-refractivity contribution in [3.63, 3.8) is 0 Å². The van der Waals surface area contributed by atoms with E-state index >= 15 is 0 Å². The van der Waals surface area contributed by atoms with Gasteiger partial charge in [0.2, 0.25) is 5.78 Å². The Labute approximate surface area is 180 Å². The van der Waals surface area contributed by atoms with Crippen LogP contribution in [0.2, 0.25) is 0 Å². The lowest BCUT2D eigenvalue weighted by molar-refractivity contribution is 0.0921. The van der Waals surface area contributed by atoms with Gasteiger partial charge in [0.15, 0.2) is 6.61 Å². The molecule has 0 aliphatic carbocycles. The van der Waals surface area contributed by atoms with Crippen molar-refractivity contribution in [3.8, 4) is 17.1 Å². The van der Waals surface area contributed by atoms with E-state index in [1.165, 1.54) is 0 Å². The van der Waals surface area contributed by atoms with Crippen LogP contribution in [0.3, 0.4) is 0 Å². The summed E-state index contributed by atoms with van der Waals surface area (Å²) in [7, 11) is 1.86. The number of rotatable bonds is 6. The number of carbonyl (C=O) groups is 1. The topological polar surface area (TPSA) is 58.2 Å². The van der Waals surface area contributed by atoms with Gasteiger partial charge in [-0.3, -0.25) is 14.3 Å². The molecule has 0 saturated carbocycles. The molecule has 0 radical (unpaired) electrons. The van der Waals surface area contributed by atoms with Crippen molar-refractivity contribution in [2.45, 2.75) is 20.8 Å². The van der Waals surface area contributed by atoms with Gasteiger partial charge in [-0.05, 0) is 51.1 Å². The quantitative estimate of drug-likeness (QED) is 0.445. The van der Waals surface area contributed by atoms with Crippen molar-refractivity contribution in [2.24, 2.45) is 7.05 Å². The molecule has 0 unspecified atom stereocenters. The van der Waals surface area contributed by atoms with Crippen molar-refractivity contribution in [1.29, 1.82) is 0 Å². The third kappa shape index (κ3) is 3.61. The van der Waals surface area contributed by atoms with Gasteiger partial charge < -0.3 is 9.30 Å². The molecule has 31 heavy (non-hydrogen) atoms. The number of Topliss-reactive ketones (excluding diaryl/α,β-unsaturated/α-hetero) is 1. The molecule has 0 saturated heterocycles. The Kier molecular flexibility index (Phi) is 5.38. The lowest BCUT2D eigenvalue weighted by Gasteiger charge is -2.09. The van der Waals surface area contributed by atoms with Crippen LogP contribution in [0.1, 0.15) is 27.4 Å². The number of aromatic nitrogens is 3. The highest BCUT2D eigenvalue weighted by Crippen LogP contribution is 2.23. The zero-order valence-corrected chi connectivity index (χ0v) is 18.1. The molecule has 0 atom stereocenters. The number of hydrogen-bond donors (Lipinski definition) is 0. The second-order valence-corrected chi connectivity index (χ2v) is 7.56. The Balaban J connectivity index is 1.73. The van der Waals surface area contributed by atoms with E-state index in [2.05, 4.69) is 0 Å². The summed E-state index contributed by atoms with van der Waals surface area (Å²) >= 11 is 0. The molecular formula is C25H25N3O3. The third-order valence-corrected chi connectivity index (χ3v) is 5.59. The Morgan fingerprint density at radius 2 is 1.52 bits per heavy atom. The predicted octanol–water partition coefficient (Wildman–Crippen LogP) is 4.15. The van der Waals surface area contributed by atoms with E-state index < -0.39 is 0 Å². The molecule has 0 aliphatic heterocycles. The number of ether oxygens (including phenoxy) is 1. The average molecular weight is 415 g/mol. The molecule has 0 spiro atoms. The fourth-order valence-corrected chi connectivity index (χ4v) is 3.94. The van der Waals surface area contributed by atoms with Crippen molar-refractivity contribution >= 4 is 5.78 Å². The van der Waals surface area contributed by atoms with Gasteiger partial charge >= 0.3 is 0 Å². The fourth-order valence-electron chi connectivity index (χ4n) is 3.94. The molecule has 0 amide bonds. The van der Waals surface area contributed by atoms with Crippen LogP contribution in [0.5, 0.6) is 5.75 Å². The van der Waals surface area contributed by atoms with Crippen LogP contribution in [-0.4, -0.2) is 26.3 Å². The minimum Gasteiger partial charge on any atom is -0.485 e. The van der Waals surface area contributed by atoms with Gasteiger partial charge in [-0.2, -0.15) is 0 Å². The van der Waals surface area contributed by atoms with Gasteiger partial charge in [0, 0.05) is 24.0 Å². The number of hydrogen-bond acceptors (Lipinski definition) is 3. The number of carbonyl (C=O) groups excluding carboxylic acids is 1. The molecule has 0 fully saturated rings. The first-order valence-corrected chi connectivity index (χ1v) is 10.1. The largest absolute Gasteiger partial charge is 0.485 e. The molecule has 2 aromatic carbocycles. The summed E-state index contributed by atoms with van der Waals surface area (Å²) in [6, 6.07) is 20.6. The van der Waals surface area contributed by atoms with E-state index in [-0.39, 0.29) is 17.9 Å². The van der Waals surface area contributed by atoms with Crippen LogP contribution in [-0.2, 0) is 7.05 Å². The number of benzene rings is 2. The summed E-state index contributed by atoms with van der Waals surface area (Å²) in [5.74, 6) is 0.523. The summed E-state index contributed by atoms with van der Waals surface area (Å²) in [6.45, 7) is 5.62. The first-order valence-electron chi connectivity index (χ1n) is 10.1. The smallest absolute Gasteiger partial charge is 0.295 e. The number of para-hydroxylation sites is 2.